The lowest BCUT2D eigenvalue weighted by atomic mass is 9.55. The van der Waals surface area contributed by atoms with Crippen LogP contribution in [0.1, 0.15) is 56.9 Å². The Labute approximate surface area is 156 Å². The molecule has 1 saturated heterocycles. The minimum Gasteiger partial charge on any atom is -0.493 e. The average Bonchev–Trinajstić information content (AvgIpc) is 3.01. The fourth-order valence-electron chi connectivity index (χ4n) is 5.96. The summed E-state index contributed by atoms with van der Waals surface area (Å²) in [5.41, 5.74) is 1.43. The van der Waals surface area contributed by atoms with Crippen molar-refractivity contribution in [2.45, 2.75) is 62.8 Å². The third-order valence-electron chi connectivity index (χ3n) is 7.57. The molecular weight excluding hydrogens is 326 g/mol. The van der Waals surface area contributed by atoms with Gasteiger partial charge in [0.2, 0.25) is 0 Å². The van der Waals surface area contributed by atoms with Crippen LogP contribution < -0.4 is 9.47 Å². The minimum absolute atomic E-state index is 0.0540. The van der Waals surface area contributed by atoms with Crippen molar-refractivity contribution in [3.63, 3.8) is 0 Å². The summed E-state index contributed by atoms with van der Waals surface area (Å²) < 4.78 is 11.0. The number of rotatable bonds is 3. The van der Waals surface area contributed by atoms with Gasteiger partial charge in [0.15, 0.2) is 11.5 Å². The highest BCUT2D eigenvalue weighted by Gasteiger charge is 2.56. The van der Waals surface area contributed by atoms with Crippen molar-refractivity contribution in [2.24, 2.45) is 5.41 Å². The first-order chi connectivity index (χ1) is 12.5. The Balaban J connectivity index is 1.71. The molecule has 1 aromatic rings. The van der Waals surface area contributed by atoms with E-state index in [1.165, 1.54) is 12.0 Å². The highest BCUT2D eigenvalue weighted by molar-refractivity contribution is 5.85. The van der Waals surface area contributed by atoms with Gasteiger partial charge in [0.05, 0.1) is 14.2 Å². The van der Waals surface area contributed by atoms with Gasteiger partial charge in [-0.05, 0) is 69.8 Å². The summed E-state index contributed by atoms with van der Waals surface area (Å²) in [6.45, 7) is 1.10. The zero-order chi connectivity index (χ0) is 18.4. The second-order valence-corrected chi connectivity index (χ2v) is 8.59. The molecule has 0 aromatic heterocycles. The number of nitrogens with zero attached hydrogens (tertiary/aromatic N) is 1. The zero-order valence-corrected chi connectivity index (χ0v) is 16.3. The van der Waals surface area contributed by atoms with E-state index in [4.69, 9.17) is 9.47 Å². The molecule has 3 unspecified atom stereocenters. The van der Waals surface area contributed by atoms with Gasteiger partial charge < -0.3 is 14.4 Å². The van der Waals surface area contributed by atoms with Gasteiger partial charge in [-0.15, -0.1) is 0 Å². The third kappa shape index (κ3) is 2.57. The maximum absolute atomic E-state index is 12.8. The van der Waals surface area contributed by atoms with Crippen LogP contribution in [0.2, 0.25) is 0 Å². The van der Waals surface area contributed by atoms with E-state index in [0.717, 1.165) is 63.0 Å². The van der Waals surface area contributed by atoms with Crippen molar-refractivity contribution in [3.05, 3.63) is 23.8 Å². The molecule has 1 aromatic carbocycles. The molecule has 2 aliphatic carbocycles. The van der Waals surface area contributed by atoms with E-state index < -0.39 is 0 Å². The van der Waals surface area contributed by atoms with Crippen molar-refractivity contribution in [1.29, 1.82) is 0 Å². The molecular formula is C22H31NO3. The summed E-state index contributed by atoms with van der Waals surface area (Å²) in [4.78, 5) is 15.3. The highest BCUT2D eigenvalue weighted by Crippen LogP contribution is 2.57. The van der Waals surface area contributed by atoms with Crippen LogP contribution in [0.5, 0.6) is 11.5 Å². The second-order valence-electron chi connectivity index (χ2n) is 8.59. The van der Waals surface area contributed by atoms with Crippen LogP contribution in [-0.4, -0.2) is 44.5 Å². The molecule has 4 heteroatoms. The number of likely N-dealkylation sites (tertiary alicyclic amines) is 1. The first-order valence-corrected chi connectivity index (χ1v) is 10.0. The predicted molar refractivity (Wildman–Crippen MR) is 102 cm³/mol. The number of hydrogen-bond acceptors (Lipinski definition) is 4. The number of carbonyl (C=O) groups is 1. The standard InChI is InChI=1S/C22H31NO3/c1-23-13-12-22(16-7-8-17(25-2)18(14-16)26-3)11-10-21(15-19(22)23)9-5-4-6-20(21)24/h7-8,14,19H,4-6,9-13,15H2,1-3H3. The lowest BCUT2D eigenvalue weighted by molar-refractivity contribution is -0.135. The SMILES string of the molecule is COc1ccc(C23CCN(C)C2CC2(CCCCC2=O)CC3)cc1OC. The van der Waals surface area contributed by atoms with Crippen molar-refractivity contribution in [1.82, 2.24) is 4.90 Å². The predicted octanol–water partition coefficient (Wildman–Crippen LogP) is 3.96. The smallest absolute Gasteiger partial charge is 0.161 e. The third-order valence-corrected chi connectivity index (χ3v) is 7.57. The first kappa shape index (κ1) is 17.8. The van der Waals surface area contributed by atoms with E-state index in [2.05, 4.69) is 24.1 Å². The molecule has 142 valence electrons. The van der Waals surface area contributed by atoms with Gasteiger partial charge in [0.25, 0.3) is 0 Å². The number of fused-ring (bicyclic) bond motifs is 1. The number of ketones is 1. The highest BCUT2D eigenvalue weighted by atomic mass is 16.5. The van der Waals surface area contributed by atoms with Crippen LogP contribution in [0.4, 0.5) is 0 Å². The minimum atomic E-state index is -0.0540. The molecule has 3 aliphatic rings. The van der Waals surface area contributed by atoms with E-state index in [9.17, 15) is 4.79 Å². The van der Waals surface area contributed by atoms with Crippen molar-refractivity contribution in [2.75, 3.05) is 27.8 Å². The molecule has 0 N–H and O–H groups in total. The fraction of sp³-hybridized carbons (Fsp3) is 0.682. The largest absolute Gasteiger partial charge is 0.493 e. The van der Waals surface area contributed by atoms with Crippen molar-refractivity contribution in [3.8, 4) is 11.5 Å². The maximum atomic E-state index is 12.8. The van der Waals surface area contributed by atoms with Crippen LogP contribution in [0, 0.1) is 5.41 Å². The summed E-state index contributed by atoms with van der Waals surface area (Å²) in [5.74, 6) is 2.12. The van der Waals surface area contributed by atoms with E-state index in [1.807, 2.05) is 6.07 Å². The molecule has 4 nitrogen and oxygen atoms in total. The molecule has 3 fully saturated rings. The van der Waals surface area contributed by atoms with Gasteiger partial charge in [0, 0.05) is 23.3 Å². The lowest BCUT2D eigenvalue weighted by Crippen LogP contribution is -2.52. The van der Waals surface area contributed by atoms with E-state index in [-0.39, 0.29) is 10.8 Å². The summed E-state index contributed by atoms with van der Waals surface area (Å²) >= 11 is 0. The molecule has 26 heavy (non-hydrogen) atoms. The van der Waals surface area contributed by atoms with E-state index in [1.54, 1.807) is 14.2 Å². The Kier molecular flexibility index (Phi) is 4.50. The second kappa shape index (κ2) is 6.56. The Bertz CT molecular complexity index is 703. The number of ether oxygens (including phenoxy) is 2. The van der Waals surface area contributed by atoms with Crippen LogP contribution in [-0.2, 0) is 10.2 Å². The molecule has 1 aliphatic heterocycles. The monoisotopic (exact) mass is 357 g/mol. The summed E-state index contributed by atoms with van der Waals surface area (Å²) in [6, 6.07) is 6.87. The van der Waals surface area contributed by atoms with Crippen LogP contribution >= 0.6 is 0 Å². The molecule has 0 bridgehead atoms. The zero-order valence-electron chi connectivity index (χ0n) is 16.3. The average molecular weight is 357 g/mol. The molecule has 1 heterocycles. The first-order valence-electron chi connectivity index (χ1n) is 10.0. The van der Waals surface area contributed by atoms with Gasteiger partial charge >= 0.3 is 0 Å². The molecule has 3 atom stereocenters. The normalized spacial score (nSPS) is 34.7. The molecule has 0 amide bonds. The number of Topliss-reactive ketones (excluding diaryl/α,β-unsaturated/α-hetero) is 1. The van der Waals surface area contributed by atoms with Gasteiger partial charge in [-0.3, -0.25) is 4.79 Å². The summed E-state index contributed by atoms with van der Waals surface area (Å²) in [6.07, 6.45) is 8.52. The topological polar surface area (TPSA) is 38.8 Å². The molecule has 1 spiro atoms. The number of hydrogen-bond donors (Lipinski definition) is 0. The van der Waals surface area contributed by atoms with Crippen LogP contribution in [0.25, 0.3) is 0 Å². The number of methoxy groups -OCH3 is 2. The number of likely N-dealkylation sites (N-methyl/N-ethyl adjacent to an activating group) is 1. The Morgan fingerprint density at radius 2 is 1.85 bits per heavy atom. The van der Waals surface area contributed by atoms with Gasteiger partial charge in [-0.25, -0.2) is 0 Å². The van der Waals surface area contributed by atoms with Gasteiger partial charge in [-0.2, -0.15) is 0 Å². The lowest BCUT2D eigenvalue weighted by Gasteiger charge is -2.51. The summed E-state index contributed by atoms with van der Waals surface area (Å²) in [7, 11) is 5.62. The van der Waals surface area contributed by atoms with E-state index in [0.29, 0.717) is 11.8 Å². The van der Waals surface area contributed by atoms with Gasteiger partial charge in [-0.1, -0.05) is 12.5 Å². The molecule has 0 radical (unpaired) electrons. The molecule has 2 saturated carbocycles. The van der Waals surface area contributed by atoms with Crippen LogP contribution in [0.3, 0.4) is 0 Å². The van der Waals surface area contributed by atoms with E-state index >= 15 is 0 Å². The fourth-order valence-corrected chi connectivity index (χ4v) is 5.96. The molecule has 4 rings (SSSR count). The van der Waals surface area contributed by atoms with Gasteiger partial charge in [0.1, 0.15) is 5.78 Å². The number of carbonyl (C=O) groups excluding carboxylic acids is 1. The summed E-state index contributed by atoms with van der Waals surface area (Å²) in [5, 5.41) is 0. The van der Waals surface area contributed by atoms with Crippen LogP contribution in [0.15, 0.2) is 18.2 Å². The quantitative estimate of drug-likeness (QED) is 0.821. The Morgan fingerprint density at radius 1 is 1.04 bits per heavy atom. The maximum Gasteiger partial charge on any atom is 0.161 e. The number of benzene rings is 1. The van der Waals surface area contributed by atoms with Crippen molar-refractivity contribution >= 4 is 5.78 Å². The Hall–Kier alpha value is -1.55. The van der Waals surface area contributed by atoms with Crippen molar-refractivity contribution < 1.29 is 14.3 Å². The Morgan fingerprint density at radius 3 is 2.58 bits per heavy atom.